The summed E-state index contributed by atoms with van der Waals surface area (Å²) >= 11 is 0. The summed E-state index contributed by atoms with van der Waals surface area (Å²) in [6.07, 6.45) is 4.76. The summed E-state index contributed by atoms with van der Waals surface area (Å²) in [7, 11) is 0. The third-order valence-corrected chi connectivity index (χ3v) is 3.67. The van der Waals surface area contributed by atoms with E-state index in [4.69, 9.17) is 5.11 Å². The molecule has 0 atom stereocenters. The molecule has 0 spiro atoms. The van der Waals surface area contributed by atoms with Crippen molar-refractivity contribution in [1.82, 2.24) is 0 Å². The molecule has 0 unspecified atom stereocenters. The van der Waals surface area contributed by atoms with Crippen molar-refractivity contribution in [3.8, 4) is 11.8 Å². The largest absolute Gasteiger partial charge is 0.395 e. The van der Waals surface area contributed by atoms with Crippen molar-refractivity contribution in [2.24, 2.45) is 5.92 Å². The normalized spacial score (nSPS) is 14.1. The Balaban J connectivity index is 1.95. The Morgan fingerprint density at radius 2 is 2.25 bits per heavy atom. The molecule has 2 N–H and O–H groups in total. The van der Waals surface area contributed by atoms with Gasteiger partial charge >= 0.3 is 0 Å². The van der Waals surface area contributed by atoms with E-state index in [9.17, 15) is 4.79 Å². The average Bonchev–Trinajstić information content (AvgIpc) is 2.37. The van der Waals surface area contributed by atoms with Crippen LogP contribution in [0.25, 0.3) is 0 Å². The number of hydrogen-bond acceptors (Lipinski definition) is 2. The molecule has 1 aromatic carbocycles. The monoisotopic (exact) mass is 271 g/mol. The molecule has 0 saturated heterocycles. The Morgan fingerprint density at radius 3 is 2.85 bits per heavy atom. The Morgan fingerprint density at radius 1 is 1.45 bits per heavy atom. The van der Waals surface area contributed by atoms with Crippen molar-refractivity contribution in [2.45, 2.75) is 39.0 Å². The van der Waals surface area contributed by atoms with Gasteiger partial charge in [0, 0.05) is 24.1 Å². The maximum atomic E-state index is 11.9. The smallest absolute Gasteiger partial charge is 0.224 e. The summed E-state index contributed by atoms with van der Waals surface area (Å²) in [5.41, 5.74) is 2.79. The first-order chi connectivity index (χ1) is 9.69. The molecule has 1 aliphatic rings. The number of aliphatic hydroxyl groups excluding tert-OH is 1. The highest BCUT2D eigenvalue weighted by Crippen LogP contribution is 2.29. The lowest BCUT2D eigenvalue weighted by molar-refractivity contribution is -0.117. The number of aryl methyl sites for hydroxylation is 1. The van der Waals surface area contributed by atoms with Crippen LogP contribution in [0.4, 0.5) is 5.69 Å². The van der Waals surface area contributed by atoms with E-state index in [1.165, 1.54) is 19.3 Å². The lowest BCUT2D eigenvalue weighted by atomic mass is 9.83. The number of nitrogens with one attached hydrogen (secondary N) is 1. The molecule has 1 aromatic rings. The average molecular weight is 271 g/mol. The zero-order valence-corrected chi connectivity index (χ0v) is 11.9. The van der Waals surface area contributed by atoms with Gasteiger partial charge in [0.05, 0.1) is 6.61 Å². The maximum Gasteiger partial charge on any atom is 0.224 e. The van der Waals surface area contributed by atoms with Gasteiger partial charge in [-0.05, 0) is 49.4 Å². The quantitative estimate of drug-likeness (QED) is 0.827. The van der Waals surface area contributed by atoms with Gasteiger partial charge in [0.25, 0.3) is 0 Å². The van der Waals surface area contributed by atoms with Gasteiger partial charge < -0.3 is 10.4 Å². The highest BCUT2D eigenvalue weighted by Gasteiger charge is 2.20. The number of hydrogen-bond donors (Lipinski definition) is 2. The Bertz CT molecular complexity index is 536. The first-order valence-corrected chi connectivity index (χ1v) is 7.19. The summed E-state index contributed by atoms with van der Waals surface area (Å²) in [6, 6.07) is 5.76. The van der Waals surface area contributed by atoms with E-state index in [-0.39, 0.29) is 12.5 Å². The van der Waals surface area contributed by atoms with Crippen molar-refractivity contribution in [3.63, 3.8) is 0 Å². The van der Waals surface area contributed by atoms with Crippen LogP contribution in [0.15, 0.2) is 18.2 Å². The fourth-order valence-electron chi connectivity index (χ4n) is 2.26. The minimum atomic E-state index is 0.0846. The zero-order chi connectivity index (χ0) is 14.4. The standard InChI is InChI=1S/C17H21NO2/c1-13-11-15(5-2-3-10-19)8-9-16(13)18-17(20)12-14-6-4-7-14/h8-9,11,14,19H,3-4,6-7,10,12H2,1H3,(H,18,20). The van der Waals surface area contributed by atoms with Crippen molar-refractivity contribution in [2.75, 3.05) is 11.9 Å². The summed E-state index contributed by atoms with van der Waals surface area (Å²) in [6.45, 7) is 2.05. The van der Waals surface area contributed by atoms with E-state index < -0.39 is 0 Å². The fourth-order valence-corrected chi connectivity index (χ4v) is 2.26. The molecule has 0 heterocycles. The van der Waals surface area contributed by atoms with Gasteiger partial charge in [0.15, 0.2) is 0 Å². The lowest BCUT2D eigenvalue weighted by Crippen LogP contribution is -2.21. The molecule has 0 aromatic heterocycles. The van der Waals surface area contributed by atoms with Crippen molar-refractivity contribution in [3.05, 3.63) is 29.3 Å². The highest BCUT2D eigenvalue weighted by molar-refractivity contribution is 5.91. The van der Waals surface area contributed by atoms with Gasteiger partial charge in [0.1, 0.15) is 0 Å². The van der Waals surface area contributed by atoms with Crippen LogP contribution < -0.4 is 5.32 Å². The number of carbonyl (C=O) groups is 1. The van der Waals surface area contributed by atoms with E-state index in [1.54, 1.807) is 0 Å². The molecule has 0 bridgehead atoms. The summed E-state index contributed by atoms with van der Waals surface area (Å²) in [5.74, 6) is 6.58. The van der Waals surface area contributed by atoms with Crippen LogP contribution in [0, 0.1) is 24.7 Å². The second-order valence-corrected chi connectivity index (χ2v) is 5.35. The summed E-state index contributed by atoms with van der Waals surface area (Å²) in [4.78, 5) is 11.9. The van der Waals surface area contributed by atoms with E-state index in [2.05, 4.69) is 17.2 Å². The molecular weight excluding hydrogens is 250 g/mol. The van der Waals surface area contributed by atoms with Crippen LogP contribution in [-0.4, -0.2) is 17.6 Å². The molecule has 1 aliphatic carbocycles. The first-order valence-electron chi connectivity index (χ1n) is 7.19. The maximum absolute atomic E-state index is 11.9. The SMILES string of the molecule is Cc1cc(C#CCCO)ccc1NC(=O)CC1CCC1. The van der Waals surface area contributed by atoms with Gasteiger partial charge in [-0.15, -0.1) is 0 Å². The van der Waals surface area contributed by atoms with Gasteiger partial charge in [-0.1, -0.05) is 18.3 Å². The number of anilines is 1. The van der Waals surface area contributed by atoms with Crippen LogP contribution in [0.2, 0.25) is 0 Å². The van der Waals surface area contributed by atoms with Crippen LogP contribution in [0.1, 0.15) is 43.2 Å². The Hall–Kier alpha value is -1.79. The van der Waals surface area contributed by atoms with E-state index >= 15 is 0 Å². The van der Waals surface area contributed by atoms with Crippen molar-refractivity contribution < 1.29 is 9.90 Å². The third kappa shape index (κ3) is 4.11. The summed E-state index contributed by atoms with van der Waals surface area (Å²) in [5, 5.41) is 11.7. The number of rotatable bonds is 4. The molecule has 3 heteroatoms. The van der Waals surface area contributed by atoms with Gasteiger partial charge in [-0.25, -0.2) is 0 Å². The Kier molecular flexibility index (Phi) is 5.20. The zero-order valence-electron chi connectivity index (χ0n) is 11.9. The van der Waals surface area contributed by atoms with Gasteiger partial charge in [-0.2, -0.15) is 0 Å². The van der Waals surface area contributed by atoms with Crippen LogP contribution in [-0.2, 0) is 4.79 Å². The Labute approximate surface area is 120 Å². The van der Waals surface area contributed by atoms with Crippen molar-refractivity contribution in [1.29, 1.82) is 0 Å². The van der Waals surface area contributed by atoms with Crippen LogP contribution in [0.3, 0.4) is 0 Å². The molecule has 20 heavy (non-hydrogen) atoms. The van der Waals surface area contributed by atoms with E-state index in [0.29, 0.717) is 18.8 Å². The first kappa shape index (κ1) is 14.6. The molecule has 1 saturated carbocycles. The molecule has 1 fully saturated rings. The molecule has 106 valence electrons. The minimum absolute atomic E-state index is 0.0846. The molecule has 1 amide bonds. The molecule has 0 aliphatic heterocycles. The third-order valence-electron chi connectivity index (χ3n) is 3.67. The second kappa shape index (κ2) is 7.12. The van der Waals surface area contributed by atoms with E-state index in [0.717, 1.165) is 16.8 Å². The molecule has 3 nitrogen and oxygen atoms in total. The van der Waals surface area contributed by atoms with Crippen LogP contribution >= 0.6 is 0 Å². The number of benzene rings is 1. The number of aliphatic hydroxyl groups is 1. The lowest BCUT2D eigenvalue weighted by Gasteiger charge is -2.24. The van der Waals surface area contributed by atoms with E-state index in [1.807, 2.05) is 25.1 Å². The number of amides is 1. The molecular formula is C17H21NO2. The highest BCUT2D eigenvalue weighted by atomic mass is 16.2. The number of carbonyl (C=O) groups excluding carboxylic acids is 1. The van der Waals surface area contributed by atoms with Gasteiger partial charge in [0.2, 0.25) is 5.91 Å². The molecule has 2 rings (SSSR count). The predicted octanol–water partition coefficient (Wildman–Crippen LogP) is 2.86. The topological polar surface area (TPSA) is 49.3 Å². The van der Waals surface area contributed by atoms with Crippen LogP contribution in [0.5, 0.6) is 0 Å². The second-order valence-electron chi connectivity index (χ2n) is 5.35. The molecule has 0 radical (unpaired) electrons. The van der Waals surface area contributed by atoms with Gasteiger partial charge in [-0.3, -0.25) is 4.79 Å². The predicted molar refractivity (Wildman–Crippen MR) is 80.3 cm³/mol. The fraction of sp³-hybridized carbons (Fsp3) is 0.471. The minimum Gasteiger partial charge on any atom is -0.395 e. The van der Waals surface area contributed by atoms with Crippen molar-refractivity contribution >= 4 is 11.6 Å². The summed E-state index contributed by atoms with van der Waals surface area (Å²) < 4.78 is 0.